The van der Waals surface area contributed by atoms with Gasteiger partial charge >= 0.3 is 0 Å². The molecule has 0 aromatic carbocycles. The van der Waals surface area contributed by atoms with Gasteiger partial charge in [0.1, 0.15) is 11.6 Å². The van der Waals surface area contributed by atoms with E-state index in [0.717, 1.165) is 12.8 Å². The molecule has 0 unspecified atom stereocenters. The molecule has 0 spiro atoms. The van der Waals surface area contributed by atoms with Gasteiger partial charge in [0.05, 0.1) is 17.1 Å². The lowest BCUT2D eigenvalue weighted by molar-refractivity contribution is -0.384. The third-order valence-corrected chi connectivity index (χ3v) is 3.73. The summed E-state index contributed by atoms with van der Waals surface area (Å²) >= 11 is 0. The molecule has 2 N–H and O–H groups in total. The number of hydrogen-bond donors (Lipinski definition) is 2. The molecule has 0 bridgehead atoms. The molecule has 20 heavy (non-hydrogen) atoms. The highest BCUT2D eigenvalue weighted by Gasteiger charge is 2.15. The average Bonchev–Trinajstić information content (AvgIpc) is 2.41. The number of aromatic nitrogens is 1. The minimum atomic E-state index is -0.383. The van der Waals surface area contributed by atoms with E-state index in [1.54, 1.807) is 7.05 Å². The van der Waals surface area contributed by atoms with Crippen molar-refractivity contribution in [3.05, 3.63) is 22.2 Å². The van der Waals surface area contributed by atoms with Crippen LogP contribution in [0, 0.1) is 10.1 Å². The van der Waals surface area contributed by atoms with Gasteiger partial charge in [-0.2, -0.15) is 0 Å². The fourth-order valence-electron chi connectivity index (χ4n) is 2.63. The van der Waals surface area contributed by atoms with E-state index >= 15 is 0 Å². The molecule has 6 nitrogen and oxygen atoms in total. The molecule has 1 aliphatic rings. The van der Waals surface area contributed by atoms with Gasteiger partial charge in [0.25, 0.3) is 5.69 Å². The number of nitro groups is 1. The van der Waals surface area contributed by atoms with Gasteiger partial charge in [0.2, 0.25) is 0 Å². The minimum absolute atomic E-state index is 0.0673. The van der Waals surface area contributed by atoms with Gasteiger partial charge in [-0.05, 0) is 12.8 Å². The SMILES string of the molecule is CNc1cc([N+](=O)[O-])cc(NC2CCCCCCC2)n1. The number of hydrogen-bond acceptors (Lipinski definition) is 5. The van der Waals surface area contributed by atoms with Crippen LogP contribution in [-0.2, 0) is 0 Å². The Labute approximate surface area is 119 Å². The van der Waals surface area contributed by atoms with Gasteiger partial charge in [-0.25, -0.2) is 4.98 Å². The smallest absolute Gasteiger partial charge is 0.276 e. The van der Waals surface area contributed by atoms with Crippen molar-refractivity contribution in [3.8, 4) is 0 Å². The van der Waals surface area contributed by atoms with Crippen LogP contribution in [0.4, 0.5) is 17.3 Å². The normalized spacial score (nSPS) is 17.1. The molecule has 0 amide bonds. The van der Waals surface area contributed by atoms with Crippen molar-refractivity contribution in [1.82, 2.24) is 4.98 Å². The summed E-state index contributed by atoms with van der Waals surface area (Å²) in [6, 6.07) is 3.33. The van der Waals surface area contributed by atoms with Crippen LogP contribution in [0.3, 0.4) is 0 Å². The summed E-state index contributed by atoms with van der Waals surface area (Å²) in [6.45, 7) is 0. The van der Waals surface area contributed by atoms with E-state index in [4.69, 9.17) is 0 Å². The third-order valence-electron chi connectivity index (χ3n) is 3.73. The first kappa shape index (κ1) is 14.6. The van der Waals surface area contributed by atoms with Crippen LogP contribution in [-0.4, -0.2) is 23.0 Å². The van der Waals surface area contributed by atoms with Gasteiger partial charge in [-0.1, -0.05) is 32.1 Å². The summed E-state index contributed by atoms with van der Waals surface area (Å²) in [5.41, 5.74) is 0.0673. The monoisotopic (exact) mass is 278 g/mol. The first-order chi connectivity index (χ1) is 9.69. The fourth-order valence-corrected chi connectivity index (χ4v) is 2.63. The Bertz CT molecular complexity index is 456. The summed E-state index contributed by atoms with van der Waals surface area (Å²) in [6.07, 6.45) is 8.53. The number of pyridine rings is 1. The lowest BCUT2D eigenvalue weighted by atomic mass is 9.97. The molecular weight excluding hydrogens is 256 g/mol. The average molecular weight is 278 g/mol. The predicted octanol–water partition coefficient (Wildman–Crippen LogP) is 3.56. The summed E-state index contributed by atoms with van der Waals surface area (Å²) in [7, 11) is 1.71. The third kappa shape index (κ3) is 4.08. The van der Waals surface area contributed by atoms with E-state index in [0.29, 0.717) is 17.7 Å². The van der Waals surface area contributed by atoms with Gasteiger partial charge < -0.3 is 10.6 Å². The molecule has 0 aliphatic heterocycles. The summed E-state index contributed by atoms with van der Waals surface area (Å²) in [5, 5.41) is 17.2. The Morgan fingerprint density at radius 2 is 1.75 bits per heavy atom. The molecule has 0 radical (unpaired) electrons. The van der Waals surface area contributed by atoms with Crippen molar-refractivity contribution in [2.45, 2.75) is 51.0 Å². The summed E-state index contributed by atoms with van der Waals surface area (Å²) in [5.74, 6) is 1.11. The quantitative estimate of drug-likeness (QED) is 0.650. The Balaban J connectivity index is 2.10. The highest BCUT2D eigenvalue weighted by atomic mass is 16.6. The Morgan fingerprint density at radius 3 is 2.35 bits per heavy atom. The van der Waals surface area contributed by atoms with Crippen molar-refractivity contribution in [3.63, 3.8) is 0 Å². The fraction of sp³-hybridized carbons (Fsp3) is 0.643. The van der Waals surface area contributed by atoms with E-state index in [1.807, 2.05) is 0 Å². The summed E-state index contributed by atoms with van der Waals surface area (Å²) in [4.78, 5) is 14.9. The molecule has 1 fully saturated rings. The Hall–Kier alpha value is -1.85. The van der Waals surface area contributed by atoms with Crippen LogP contribution in [0.15, 0.2) is 12.1 Å². The van der Waals surface area contributed by atoms with Crippen LogP contribution in [0.25, 0.3) is 0 Å². The zero-order valence-corrected chi connectivity index (χ0v) is 11.9. The Morgan fingerprint density at radius 1 is 1.15 bits per heavy atom. The molecule has 110 valence electrons. The number of anilines is 2. The largest absolute Gasteiger partial charge is 0.373 e. The highest BCUT2D eigenvalue weighted by Crippen LogP contribution is 2.24. The van der Waals surface area contributed by atoms with Crippen LogP contribution >= 0.6 is 0 Å². The molecule has 0 saturated heterocycles. The lowest BCUT2D eigenvalue weighted by Gasteiger charge is -2.21. The first-order valence-corrected chi connectivity index (χ1v) is 7.30. The molecule has 1 aromatic heterocycles. The van der Waals surface area contributed by atoms with Crippen LogP contribution in [0.1, 0.15) is 44.9 Å². The molecule has 1 aliphatic carbocycles. The molecular formula is C14H22N4O2. The van der Waals surface area contributed by atoms with Crippen LogP contribution < -0.4 is 10.6 Å². The first-order valence-electron chi connectivity index (χ1n) is 7.30. The second-order valence-electron chi connectivity index (χ2n) is 5.29. The topological polar surface area (TPSA) is 80.1 Å². The zero-order valence-electron chi connectivity index (χ0n) is 11.9. The van der Waals surface area contributed by atoms with Crippen molar-refractivity contribution in [1.29, 1.82) is 0 Å². The van der Waals surface area contributed by atoms with E-state index in [1.165, 1.54) is 44.2 Å². The van der Waals surface area contributed by atoms with E-state index in [2.05, 4.69) is 15.6 Å². The molecule has 1 saturated carbocycles. The highest BCUT2D eigenvalue weighted by molar-refractivity contribution is 5.54. The molecule has 0 atom stereocenters. The number of nitrogens with zero attached hydrogens (tertiary/aromatic N) is 2. The van der Waals surface area contributed by atoms with Crippen LogP contribution in [0.5, 0.6) is 0 Å². The number of nitrogens with one attached hydrogen (secondary N) is 2. The van der Waals surface area contributed by atoms with E-state index in [9.17, 15) is 10.1 Å². The zero-order chi connectivity index (χ0) is 14.4. The lowest BCUT2D eigenvalue weighted by Crippen LogP contribution is -2.21. The van der Waals surface area contributed by atoms with E-state index in [-0.39, 0.29) is 10.6 Å². The summed E-state index contributed by atoms with van der Waals surface area (Å²) < 4.78 is 0. The van der Waals surface area contributed by atoms with Gasteiger partial charge in [0.15, 0.2) is 0 Å². The van der Waals surface area contributed by atoms with Crippen molar-refractivity contribution >= 4 is 17.3 Å². The van der Waals surface area contributed by atoms with Crippen molar-refractivity contribution < 1.29 is 4.92 Å². The molecule has 2 rings (SSSR count). The molecule has 6 heteroatoms. The van der Waals surface area contributed by atoms with Gasteiger partial charge in [-0.15, -0.1) is 0 Å². The van der Waals surface area contributed by atoms with Crippen molar-refractivity contribution in [2.75, 3.05) is 17.7 Å². The number of rotatable bonds is 4. The second kappa shape index (κ2) is 7.07. The van der Waals surface area contributed by atoms with Crippen molar-refractivity contribution in [2.24, 2.45) is 0 Å². The van der Waals surface area contributed by atoms with E-state index < -0.39 is 0 Å². The predicted molar refractivity (Wildman–Crippen MR) is 80.2 cm³/mol. The minimum Gasteiger partial charge on any atom is -0.373 e. The maximum atomic E-state index is 10.9. The molecule has 1 aromatic rings. The maximum absolute atomic E-state index is 10.9. The van der Waals surface area contributed by atoms with Crippen LogP contribution in [0.2, 0.25) is 0 Å². The van der Waals surface area contributed by atoms with Gasteiger partial charge in [-0.3, -0.25) is 10.1 Å². The second-order valence-corrected chi connectivity index (χ2v) is 5.29. The Kier molecular flexibility index (Phi) is 5.15. The maximum Gasteiger partial charge on any atom is 0.276 e. The standard InChI is InChI=1S/C14H22N4O2/c1-15-13-9-12(18(19)20)10-14(17-13)16-11-7-5-3-2-4-6-8-11/h9-11H,2-8H2,1H3,(H2,15,16,17). The van der Waals surface area contributed by atoms with Gasteiger partial charge in [0, 0.05) is 13.1 Å². The molecule has 1 heterocycles.